The summed E-state index contributed by atoms with van der Waals surface area (Å²) in [6.45, 7) is 2.41. The molecule has 0 aromatic carbocycles. The summed E-state index contributed by atoms with van der Waals surface area (Å²) in [5.41, 5.74) is 6.47. The van der Waals surface area contributed by atoms with Crippen LogP contribution in [0.3, 0.4) is 0 Å². The van der Waals surface area contributed by atoms with E-state index >= 15 is 0 Å². The van der Waals surface area contributed by atoms with E-state index in [0.29, 0.717) is 0 Å². The molecule has 1 aromatic heterocycles. The maximum Gasteiger partial charge on any atom is 0.0931 e. The number of hydrogen-bond donors (Lipinski definition) is 1. The number of halogens is 1. The fraction of sp³-hybridized carbons (Fsp3) is 0.667. The fourth-order valence-corrected chi connectivity index (χ4v) is 4.39. The Morgan fingerprint density at radius 2 is 2.12 bits per heavy atom. The molecule has 88 valence electrons. The summed E-state index contributed by atoms with van der Waals surface area (Å²) in [6, 6.07) is 4.15. The van der Waals surface area contributed by atoms with E-state index in [0.717, 1.165) is 24.1 Å². The summed E-state index contributed by atoms with van der Waals surface area (Å²) in [5.74, 6) is 0. The molecule has 4 heteroatoms. The average molecular weight is 258 g/mol. The number of rotatable bonds is 3. The van der Waals surface area contributed by atoms with E-state index in [-0.39, 0.29) is 10.8 Å². The molecule has 2 N–H and O–H groups in total. The molecule has 1 aromatic rings. The Morgan fingerprint density at radius 1 is 1.38 bits per heavy atom. The van der Waals surface area contributed by atoms with Crippen LogP contribution in [0.5, 0.6) is 0 Å². The van der Waals surface area contributed by atoms with Gasteiger partial charge in [-0.05, 0) is 36.9 Å². The van der Waals surface area contributed by atoms with Crippen LogP contribution < -0.4 is 5.73 Å². The van der Waals surface area contributed by atoms with E-state index < -0.39 is 0 Å². The minimum Gasteiger partial charge on any atom is -0.379 e. The molecule has 1 aliphatic carbocycles. The van der Waals surface area contributed by atoms with Gasteiger partial charge in [0.2, 0.25) is 0 Å². The molecule has 0 spiro atoms. The highest BCUT2D eigenvalue weighted by atomic mass is 35.5. The van der Waals surface area contributed by atoms with Crippen molar-refractivity contribution in [2.45, 2.75) is 24.7 Å². The lowest BCUT2D eigenvalue weighted by atomic mass is 9.51. The van der Waals surface area contributed by atoms with E-state index in [9.17, 15) is 0 Å². The van der Waals surface area contributed by atoms with Gasteiger partial charge in [-0.15, -0.1) is 11.3 Å². The lowest BCUT2D eigenvalue weighted by Gasteiger charge is -2.59. The van der Waals surface area contributed by atoms with Gasteiger partial charge in [-0.2, -0.15) is 0 Å². The molecule has 0 atom stereocenters. The smallest absolute Gasteiger partial charge is 0.0931 e. The van der Waals surface area contributed by atoms with Crippen LogP contribution in [0.4, 0.5) is 0 Å². The van der Waals surface area contributed by atoms with Gasteiger partial charge in [-0.25, -0.2) is 0 Å². The molecule has 1 saturated heterocycles. The molecule has 0 radical (unpaired) electrons. The summed E-state index contributed by atoms with van der Waals surface area (Å²) in [6.07, 6.45) is 3.78. The SMILES string of the molecule is NCC1(C2(c3ccc(Cl)s3)COC2)CCC1. The van der Waals surface area contributed by atoms with Gasteiger partial charge in [0.1, 0.15) is 0 Å². The highest BCUT2D eigenvalue weighted by Crippen LogP contribution is 2.59. The van der Waals surface area contributed by atoms with E-state index in [4.69, 9.17) is 22.1 Å². The van der Waals surface area contributed by atoms with Gasteiger partial charge in [0.05, 0.1) is 23.0 Å². The number of nitrogens with two attached hydrogens (primary N) is 1. The Kier molecular flexibility index (Phi) is 2.55. The van der Waals surface area contributed by atoms with Gasteiger partial charge in [0, 0.05) is 4.88 Å². The van der Waals surface area contributed by atoms with E-state index in [1.165, 1.54) is 24.1 Å². The lowest BCUT2D eigenvalue weighted by Crippen LogP contribution is -2.64. The zero-order chi connectivity index (χ0) is 11.2. The van der Waals surface area contributed by atoms with Crippen LogP contribution in [-0.2, 0) is 10.2 Å². The number of hydrogen-bond acceptors (Lipinski definition) is 3. The van der Waals surface area contributed by atoms with Crippen molar-refractivity contribution < 1.29 is 4.74 Å². The summed E-state index contributed by atoms with van der Waals surface area (Å²) in [5, 5.41) is 0. The van der Waals surface area contributed by atoms with Crippen molar-refractivity contribution >= 4 is 22.9 Å². The molecule has 2 heterocycles. The number of ether oxygens (including phenoxy) is 1. The zero-order valence-corrected chi connectivity index (χ0v) is 10.7. The Labute approximate surface area is 105 Å². The second-order valence-corrected chi connectivity index (χ2v) is 6.73. The zero-order valence-electron chi connectivity index (χ0n) is 9.17. The molecular formula is C12H16ClNOS. The third-order valence-electron chi connectivity index (χ3n) is 4.46. The van der Waals surface area contributed by atoms with Crippen molar-refractivity contribution in [3.05, 3.63) is 21.3 Å². The quantitative estimate of drug-likeness (QED) is 0.904. The predicted octanol–water partition coefficient (Wildman–Crippen LogP) is 2.80. The highest BCUT2D eigenvalue weighted by Gasteiger charge is 2.59. The Balaban J connectivity index is 1.99. The first-order chi connectivity index (χ1) is 7.72. The van der Waals surface area contributed by atoms with Crippen molar-refractivity contribution in [2.75, 3.05) is 19.8 Å². The summed E-state index contributed by atoms with van der Waals surface area (Å²) in [4.78, 5) is 1.37. The van der Waals surface area contributed by atoms with Crippen LogP contribution in [0, 0.1) is 5.41 Å². The first-order valence-electron chi connectivity index (χ1n) is 5.76. The second-order valence-electron chi connectivity index (χ2n) is 5.02. The van der Waals surface area contributed by atoms with Crippen LogP contribution >= 0.6 is 22.9 Å². The van der Waals surface area contributed by atoms with Gasteiger partial charge in [0.15, 0.2) is 0 Å². The molecule has 2 nitrogen and oxygen atoms in total. The van der Waals surface area contributed by atoms with Crippen LogP contribution in [0.2, 0.25) is 4.34 Å². The van der Waals surface area contributed by atoms with E-state index in [1.807, 2.05) is 6.07 Å². The molecule has 0 amide bonds. The van der Waals surface area contributed by atoms with Crippen molar-refractivity contribution in [1.82, 2.24) is 0 Å². The summed E-state index contributed by atoms with van der Waals surface area (Å²) >= 11 is 7.74. The highest BCUT2D eigenvalue weighted by molar-refractivity contribution is 7.16. The maximum absolute atomic E-state index is 6.05. The average Bonchev–Trinajstić information content (AvgIpc) is 2.55. The second kappa shape index (κ2) is 3.70. The first-order valence-corrected chi connectivity index (χ1v) is 6.96. The first kappa shape index (κ1) is 11.0. The van der Waals surface area contributed by atoms with E-state index in [1.54, 1.807) is 11.3 Å². The molecular weight excluding hydrogens is 242 g/mol. The van der Waals surface area contributed by atoms with Crippen molar-refractivity contribution in [3.63, 3.8) is 0 Å². The molecule has 3 rings (SSSR count). The topological polar surface area (TPSA) is 35.2 Å². The molecule has 0 unspecified atom stereocenters. The molecule has 16 heavy (non-hydrogen) atoms. The molecule has 1 saturated carbocycles. The van der Waals surface area contributed by atoms with Crippen LogP contribution in [0.1, 0.15) is 24.1 Å². The monoisotopic (exact) mass is 257 g/mol. The van der Waals surface area contributed by atoms with Gasteiger partial charge in [-0.1, -0.05) is 18.0 Å². The molecule has 1 aliphatic heterocycles. The van der Waals surface area contributed by atoms with Crippen LogP contribution in [0.25, 0.3) is 0 Å². The van der Waals surface area contributed by atoms with Crippen LogP contribution in [0.15, 0.2) is 12.1 Å². The Bertz CT molecular complexity index is 390. The van der Waals surface area contributed by atoms with Gasteiger partial charge in [0.25, 0.3) is 0 Å². The Hall–Kier alpha value is -0.0900. The minimum absolute atomic E-state index is 0.164. The van der Waals surface area contributed by atoms with Crippen molar-refractivity contribution in [3.8, 4) is 0 Å². The third-order valence-corrected chi connectivity index (χ3v) is 5.89. The molecule has 0 bridgehead atoms. The summed E-state index contributed by atoms with van der Waals surface area (Å²) < 4.78 is 6.36. The van der Waals surface area contributed by atoms with Gasteiger partial charge >= 0.3 is 0 Å². The Morgan fingerprint density at radius 3 is 2.44 bits per heavy atom. The standard InChI is InChI=1S/C12H16ClNOS/c13-10-3-2-9(16-10)12(7-15-8-12)11(6-14)4-1-5-11/h2-3H,1,4-8,14H2. The normalized spacial score (nSPS) is 25.9. The molecule has 2 fully saturated rings. The predicted molar refractivity (Wildman–Crippen MR) is 67.2 cm³/mol. The fourth-order valence-electron chi connectivity index (χ4n) is 3.07. The van der Waals surface area contributed by atoms with Crippen LogP contribution in [-0.4, -0.2) is 19.8 Å². The van der Waals surface area contributed by atoms with Crippen molar-refractivity contribution in [1.29, 1.82) is 0 Å². The van der Waals surface area contributed by atoms with Gasteiger partial charge < -0.3 is 10.5 Å². The maximum atomic E-state index is 6.05. The lowest BCUT2D eigenvalue weighted by molar-refractivity contribution is -0.152. The third kappa shape index (κ3) is 1.26. The molecule has 2 aliphatic rings. The number of thiophene rings is 1. The van der Waals surface area contributed by atoms with E-state index in [2.05, 4.69) is 6.07 Å². The largest absolute Gasteiger partial charge is 0.379 e. The minimum atomic E-state index is 0.164. The van der Waals surface area contributed by atoms with Crippen molar-refractivity contribution in [2.24, 2.45) is 11.1 Å². The van der Waals surface area contributed by atoms with Gasteiger partial charge in [-0.3, -0.25) is 0 Å². The summed E-state index contributed by atoms with van der Waals surface area (Å²) in [7, 11) is 0.